The molecule has 0 saturated carbocycles. The lowest BCUT2D eigenvalue weighted by Gasteiger charge is -2.25. The van der Waals surface area contributed by atoms with Gasteiger partial charge in [0.1, 0.15) is 55.0 Å². The number of phosphoric ester groups is 1. The lowest BCUT2D eigenvalue weighted by molar-refractivity contribution is -0.0791. The van der Waals surface area contributed by atoms with Crippen molar-refractivity contribution in [1.82, 2.24) is 19.6 Å². The number of fused-ring (bicyclic) bond motifs is 1. The fourth-order valence-corrected chi connectivity index (χ4v) is 7.54. The van der Waals surface area contributed by atoms with Crippen molar-refractivity contribution in [2.24, 2.45) is 0 Å². The van der Waals surface area contributed by atoms with Gasteiger partial charge in [0.05, 0.1) is 36.8 Å². The first-order chi connectivity index (χ1) is 27.6. The first-order valence-electron chi connectivity index (χ1n) is 20.3. The molecule has 1 aliphatic rings. The molecular weight excluding hydrogens is 753 g/mol. The summed E-state index contributed by atoms with van der Waals surface area (Å²) in [4.78, 5) is 18.7. The predicted octanol–water partition coefficient (Wildman–Crippen LogP) is 6.63. The molecule has 57 heavy (non-hydrogen) atoms. The Morgan fingerprint density at radius 1 is 0.912 bits per heavy atom. The standard InChI is InChI=1S/C40H60N7O9P/c1-2-3-4-5-6-7-8-9-10-11-12-13-14-15-16-17-22-52-26-33(53-25-32-19-18-31(23-41)24-44-32)27-54-57(50,51)55-29-40(28-42)38(49)36(48)37(56-40)34-20-21-35-39(43)45-30-46-47(34)35/h18-21,24,30,33,36-38,48-49H,2-17,22,25-27,29H2,1H3,(H,50,51)(H2,43,45,46)/t33?,36-,37-,38-,40+/m0/s1. The molecule has 2 unspecified atom stereocenters. The van der Waals surface area contributed by atoms with Crippen molar-refractivity contribution in [2.45, 2.75) is 146 Å². The van der Waals surface area contributed by atoms with Gasteiger partial charge in [-0.3, -0.25) is 14.0 Å². The molecule has 0 aliphatic carbocycles. The van der Waals surface area contributed by atoms with Crippen molar-refractivity contribution in [3.05, 3.63) is 53.7 Å². The minimum absolute atomic E-state index is 0.0145. The zero-order valence-corrected chi connectivity index (χ0v) is 34.0. The van der Waals surface area contributed by atoms with Gasteiger partial charge in [-0.15, -0.1) is 0 Å². The molecule has 16 nitrogen and oxygen atoms in total. The highest BCUT2D eigenvalue weighted by Crippen LogP contribution is 2.47. The van der Waals surface area contributed by atoms with Crippen LogP contribution in [-0.2, 0) is 34.4 Å². The number of nitrogen functional groups attached to an aromatic ring is 1. The number of nitrogens with zero attached hydrogens (tertiary/aromatic N) is 6. The third kappa shape index (κ3) is 14.7. The number of aliphatic hydroxyl groups excluding tert-OH is 2. The number of nitriles is 2. The number of hydrogen-bond donors (Lipinski definition) is 4. The van der Waals surface area contributed by atoms with Gasteiger partial charge in [0.25, 0.3) is 0 Å². The Morgan fingerprint density at radius 3 is 2.16 bits per heavy atom. The third-order valence-corrected chi connectivity index (χ3v) is 11.1. The summed E-state index contributed by atoms with van der Waals surface area (Å²) in [5.41, 5.74) is 5.27. The highest BCUT2D eigenvalue weighted by atomic mass is 31.2. The van der Waals surface area contributed by atoms with E-state index in [1.165, 1.54) is 101 Å². The van der Waals surface area contributed by atoms with Crippen LogP contribution in [0.15, 0.2) is 36.8 Å². The molecule has 17 heteroatoms. The van der Waals surface area contributed by atoms with Crippen molar-refractivity contribution in [2.75, 3.05) is 32.2 Å². The number of aromatic nitrogens is 4. The number of aliphatic hydroxyl groups is 2. The van der Waals surface area contributed by atoms with Gasteiger partial charge in [0, 0.05) is 12.8 Å². The predicted molar refractivity (Wildman–Crippen MR) is 211 cm³/mol. The Balaban J connectivity index is 1.19. The molecule has 0 bridgehead atoms. The van der Waals surface area contributed by atoms with Crippen LogP contribution in [0.3, 0.4) is 0 Å². The SMILES string of the molecule is CCCCCCCCCCCCCCCCCCOCC(COP(=O)(O)OC[C@@]1(C#N)O[C@@H](c2ccc3c(N)ncnn23)[C@H](O)[C@@H]1O)OCc1ccc(C#N)cn1. The molecule has 1 saturated heterocycles. The lowest BCUT2D eigenvalue weighted by atomic mass is 9.96. The minimum atomic E-state index is -4.86. The monoisotopic (exact) mass is 813 g/mol. The average Bonchev–Trinajstić information content (AvgIpc) is 3.76. The minimum Gasteiger partial charge on any atom is -0.387 e. The van der Waals surface area contributed by atoms with E-state index in [0.717, 1.165) is 19.3 Å². The average molecular weight is 814 g/mol. The van der Waals surface area contributed by atoms with Crippen LogP contribution in [0.2, 0.25) is 0 Å². The maximum absolute atomic E-state index is 13.1. The van der Waals surface area contributed by atoms with Crippen LogP contribution in [0.25, 0.3) is 5.52 Å². The van der Waals surface area contributed by atoms with Gasteiger partial charge in [-0.05, 0) is 30.7 Å². The van der Waals surface area contributed by atoms with Crippen molar-refractivity contribution < 1.29 is 42.9 Å². The molecule has 0 radical (unpaired) electrons. The molecule has 1 fully saturated rings. The highest BCUT2D eigenvalue weighted by molar-refractivity contribution is 7.47. The molecule has 3 aromatic rings. The van der Waals surface area contributed by atoms with Crippen molar-refractivity contribution in [3.63, 3.8) is 0 Å². The van der Waals surface area contributed by atoms with Gasteiger partial charge in [0.2, 0.25) is 5.60 Å². The summed E-state index contributed by atoms with van der Waals surface area (Å²) >= 11 is 0. The summed E-state index contributed by atoms with van der Waals surface area (Å²) in [7, 11) is -4.86. The summed E-state index contributed by atoms with van der Waals surface area (Å²) in [6.45, 7) is 1.45. The third-order valence-electron chi connectivity index (χ3n) is 10.2. The number of unbranched alkanes of at least 4 members (excludes halogenated alkanes) is 15. The molecule has 0 amide bonds. The maximum atomic E-state index is 13.1. The summed E-state index contributed by atoms with van der Waals surface area (Å²) in [6.07, 6.45) is 17.4. The number of anilines is 1. The topological polar surface area (TPSA) is 241 Å². The number of rotatable bonds is 29. The second-order valence-electron chi connectivity index (χ2n) is 14.7. The first-order valence-corrected chi connectivity index (χ1v) is 21.8. The van der Waals surface area contributed by atoms with E-state index in [1.54, 1.807) is 30.3 Å². The molecular formula is C40H60N7O9P. The summed E-state index contributed by atoms with van der Waals surface area (Å²) in [5.74, 6) is 0.165. The van der Waals surface area contributed by atoms with Gasteiger partial charge in [-0.2, -0.15) is 15.6 Å². The zero-order valence-electron chi connectivity index (χ0n) is 33.1. The number of nitrogens with two attached hydrogens (primary N) is 1. The summed E-state index contributed by atoms with van der Waals surface area (Å²) in [5, 5.41) is 45.0. The Labute approximate surface area is 335 Å². The van der Waals surface area contributed by atoms with Gasteiger partial charge < -0.3 is 35.1 Å². The van der Waals surface area contributed by atoms with Crippen LogP contribution in [0.5, 0.6) is 0 Å². The van der Waals surface area contributed by atoms with Crippen molar-refractivity contribution >= 4 is 19.2 Å². The van der Waals surface area contributed by atoms with E-state index >= 15 is 0 Å². The van der Waals surface area contributed by atoms with Crippen molar-refractivity contribution in [3.8, 4) is 12.1 Å². The van der Waals surface area contributed by atoms with Crippen LogP contribution in [0.4, 0.5) is 5.82 Å². The number of phosphoric acid groups is 1. The van der Waals surface area contributed by atoms with Crippen LogP contribution < -0.4 is 5.73 Å². The first kappa shape index (κ1) is 46.2. The number of pyridine rings is 1. The fraction of sp³-hybridized carbons (Fsp3) is 0.675. The summed E-state index contributed by atoms with van der Waals surface area (Å²) in [6, 6.07) is 10.2. The molecule has 4 heterocycles. The lowest BCUT2D eigenvalue weighted by Crippen LogP contribution is -2.45. The number of ether oxygens (including phenoxy) is 3. The van der Waals surface area contributed by atoms with Crippen molar-refractivity contribution in [1.29, 1.82) is 10.5 Å². The Bertz CT molecular complexity index is 1750. The Morgan fingerprint density at radius 2 is 1.56 bits per heavy atom. The van der Waals surface area contributed by atoms with E-state index < -0.39 is 51.1 Å². The van der Waals surface area contributed by atoms with Crippen LogP contribution in [0, 0.1) is 22.7 Å². The Hall–Kier alpha value is -3.54. The summed E-state index contributed by atoms with van der Waals surface area (Å²) < 4.78 is 42.4. The van der Waals surface area contributed by atoms with E-state index in [1.807, 2.05) is 6.07 Å². The van der Waals surface area contributed by atoms with E-state index in [0.29, 0.717) is 23.4 Å². The molecule has 0 spiro atoms. The van der Waals surface area contributed by atoms with Crippen LogP contribution in [-0.4, -0.2) is 85.0 Å². The number of hydrogen-bond acceptors (Lipinski definition) is 14. The highest BCUT2D eigenvalue weighted by Gasteiger charge is 2.57. The van der Waals surface area contributed by atoms with E-state index in [4.69, 9.17) is 34.3 Å². The Kier molecular flexibility index (Phi) is 19.8. The molecule has 4 rings (SSSR count). The van der Waals surface area contributed by atoms with E-state index in [9.17, 15) is 24.9 Å². The fourth-order valence-electron chi connectivity index (χ4n) is 6.76. The smallest absolute Gasteiger partial charge is 0.387 e. The molecule has 314 valence electrons. The normalized spacial score (nSPS) is 21.0. The quantitative estimate of drug-likeness (QED) is 0.0425. The molecule has 6 atom stereocenters. The molecule has 3 aromatic heterocycles. The molecule has 5 N–H and O–H groups in total. The second kappa shape index (κ2) is 24.4. The van der Waals surface area contributed by atoms with Gasteiger partial charge in [-0.1, -0.05) is 103 Å². The largest absolute Gasteiger partial charge is 0.472 e. The van der Waals surface area contributed by atoms with Crippen LogP contribution in [0.1, 0.15) is 133 Å². The van der Waals surface area contributed by atoms with E-state index in [2.05, 4.69) is 22.0 Å². The second-order valence-corrected chi connectivity index (χ2v) is 16.1. The van der Waals surface area contributed by atoms with Gasteiger partial charge in [0.15, 0.2) is 5.82 Å². The molecule has 0 aromatic carbocycles. The van der Waals surface area contributed by atoms with Gasteiger partial charge in [-0.25, -0.2) is 14.1 Å². The zero-order chi connectivity index (χ0) is 40.9. The van der Waals surface area contributed by atoms with E-state index in [-0.39, 0.29) is 24.7 Å². The maximum Gasteiger partial charge on any atom is 0.472 e. The van der Waals surface area contributed by atoms with Gasteiger partial charge >= 0.3 is 7.82 Å². The van der Waals surface area contributed by atoms with Crippen LogP contribution >= 0.6 is 7.82 Å². The molecule has 1 aliphatic heterocycles.